The van der Waals surface area contributed by atoms with Crippen LogP contribution in [0.4, 0.5) is 4.39 Å². The average Bonchev–Trinajstić information content (AvgIpc) is 3.21. The van der Waals surface area contributed by atoms with Crippen LogP contribution in [0, 0.1) is 5.82 Å². The van der Waals surface area contributed by atoms with Crippen molar-refractivity contribution in [1.29, 1.82) is 0 Å². The van der Waals surface area contributed by atoms with Crippen LogP contribution in [0.3, 0.4) is 0 Å². The molecule has 7 heteroatoms. The van der Waals surface area contributed by atoms with E-state index in [-0.39, 0.29) is 17.8 Å². The lowest BCUT2D eigenvalue weighted by Crippen LogP contribution is -2.29. The first-order chi connectivity index (χ1) is 11.6. The Morgan fingerprint density at radius 3 is 2.62 bits per heavy atom. The molecule has 3 rings (SSSR count). The van der Waals surface area contributed by atoms with E-state index in [1.807, 2.05) is 6.92 Å². The SMILES string of the molecule is CC[C@@H](c1nnc([C@H](C)Oc2ccc(F)cc2)o1)N1CCCC1=O. The molecule has 128 valence electrons. The number of nitrogens with zero attached hydrogens (tertiary/aromatic N) is 3. The highest BCUT2D eigenvalue weighted by atomic mass is 19.1. The van der Waals surface area contributed by atoms with E-state index >= 15 is 0 Å². The summed E-state index contributed by atoms with van der Waals surface area (Å²) in [6.45, 7) is 4.48. The van der Waals surface area contributed by atoms with Gasteiger partial charge in [0.1, 0.15) is 17.6 Å². The summed E-state index contributed by atoms with van der Waals surface area (Å²) in [4.78, 5) is 13.7. The van der Waals surface area contributed by atoms with E-state index in [1.165, 1.54) is 12.1 Å². The first kappa shape index (κ1) is 16.4. The molecule has 0 bridgehead atoms. The van der Waals surface area contributed by atoms with Crippen molar-refractivity contribution in [2.24, 2.45) is 0 Å². The highest BCUT2D eigenvalue weighted by Crippen LogP contribution is 2.29. The molecule has 1 fully saturated rings. The Labute approximate surface area is 139 Å². The molecule has 0 radical (unpaired) electrons. The minimum atomic E-state index is -0.469. The van der Waals surface area contributed by atoms with Crippen LogP contribution in [0.15, 0.2) is 28.7 Å². The monoisotopic (exact) mass is 333 g/mol. The zero-order valence-electron chi connectivity index (χ0n) is 13.7. The summed E-state index contributed by atoms with van der Waals surface area (Å²) in [7, 11) is 0. The van der Waals surface area contributed by atoms with Crippen molar-refractivity contribution in [1.82, 2.24) is 15.1 Å². The Balaban J connectivity index is 1.71. The number of aromatic nitrogens is 2. The predicted molar refractivity (Wildman–Crippen MR) is 83.7 cm³/mol. The lowest BCUT2D eigenvalue weighted by molar-refractivity contribution is -0.130. The summed E-state index contributed by atoms with van der Waals surface area (Å²) in [6, 6.07) is 5.54. The summed E-state index contributed by atoms with van der Waals surface area (Å²) < 4.78 is 24.4. The fraction of sp³-hybridized carbons (Fsp3) is 0.471. The molecule has 0 N–H and O–H groups in total. The third-order valence-electron chi connectivity index (χ3n) is 4.09. The zero-order valence-corrected chi connectivity index (χ0v) is 13.7. The van der Waals surface area contributed by atoms with Gasteiger partial charge in [-0.05, 0) is 44.0 Å². The van der Waals surface area contributed by atoms with Gasteiger partial charge in [-0.3, -0.25) is 4.79 Å². The number of rotatable bonds is 6. The van der Waals surface area contributed by atoms with Crippen LogP contribution in [0.5, 0.6) is 5.75 Å². The minimum absolute atomic E-state index is 0.122. The number of halogens is 1. The van der Waals surface area contributed by atoms with Gasteiger partial charge >= 0.3 is 0 Å². The molecule has 0 aliphatic carbocycles. The molecule has 1 aromatic heterocycles. The molecule has 2 atom stereocenters. The number of amides is 1. The van der Waals surface area contributed by atoms with Crippen molar-refractivity contribution in [3.63, 3.8) is 0 Å². The fourth-order valence-corrected chi connectivity index (χ4v) is 2.84. The number of benzene rings is 1. The Morgan fingerprint density at radius 2 is 2.00 bits per heavy atom. The third kappa shape index (κ3) is 3.39. The summed E-state index contributed by atoms with van der Waals surface area (Å²) in [5.41, 5.74) is 0. The number of likely N-dealkylation sites (tertiary alicyclic amines) is 1. The van der Waals surface area contributed by atoms with Gasteiger partial charge < -0.3 is 14.1 Å². The number of hydrogen-bond donors (Lipinski definition) is 0. The minimum Gasteiger partial charge on any atom is -0.481 e. The molecule has 24 heavy (non-hydrogen) atoms. The lowest BCUT2D eigenvalue weighted by atomic mass is 10.2. The predicted octanol–water partition coefficient (Wildman–Crippen LogP) is 3.42. The van der Waals surface area contributed by atoms with Gasteiger partial charge in [0.25, 0.3) is 5.89 Å². The first-order valence-electron chi connectivity index (χ1n) is 8.13. The van der Waals surface area contributed by atoms with Crippen molar-refractivity contribution in [3.05, 3.63) is 41.9 Å². The normalized spacial score (nSPS) is 17.1. The molecule has 1 aliphatic heterocycles. The number of carbonyl (C=O) groups excluding carboxylic acids is 1. The molecular formula is C17H20FN3O3. The van der Waals surface area contributed by atoms with E-state index in [2.05, 4.69) is 10.2 Å². The van der Waals surface area contributed by atoms with Gasteiger partial charge in [0.05, 0.1) is 0 Å². The van der Waals surface area contributed by atoms with Crippen LogP contribution < -0.4 is 4.74 Å². The molecule has 6 nitrogen and oxygen atoms in total. The van der Waals surface area contributed by atoms with Gasteiger partial charge in [-0.25, -0.2) is 4.39 Å². The standard InChI is InChI=1S/C17H20FN3O3/c1-3-14(21-10-4-5-15(21)22)17-20-19-16(24-17)11(2)23-13-8-6-12(18)7-9-13/h6-9,11,14H,3-5,10H2,1-2H3/t11-,14-/m0/s1. The van der Waals surface area contributed by atoms with Gasteiger partial charge in [0, 0.05) is 13.0 Å². The molecule has 1 aliphatic rings. The summed E-state index contributed by atoms with van der Waals surface area (Å²) >= 11 is 0. The van der Waals surface area contributed by atoms with E-state index < -0.39 is 6.10 Å². The van der Waals surface area contributed by atoms with Crippen molar-refractivity contribution in [2.45, 2.75) is 45.3 Å². The Morgan fingerprint density at radius 1 is 1.29 bits per heavy atom. The van der Waals surface area contributed by atoms with Gasteiger partial charge in [0.15, 0.2) is 6.10 Å². The van der Waals surface area contributed by atoms with Crippen LogP contribution in [0.2, 0.25) is 0 Å². The van der Waals surface area contributed by atoms with Gasteiger partial charge in [-0.15, -0.1) is 10.2 Å². The van der Waals surface area contributed by atoms with Gasteiger partial charge in [0.2, 0.25) is 11.8 Å². The van der Waals surface area contributed by atoms with Crippen molar-refractivity contribution in [2.75, 3.05) is 6.54 Å². The van der Waals surface area contributed by atoms with E-state index in [4.69, 9.17) is 9.15 Å². The Kier molecular flexibility index (Phi) is 4.78. The van der Waals surface area contributed by atoms with Crippen LogP contribution in [0.25, 0.3) is 0 Å². The molecule has 0 spiro atoms. The van der Waals surface area contributed by atoms with E-state index in [0.717, 1.165) is 13.0 Å². The number of hydrogen-bond acceptors (Lipinski definition) is 5. The third-order valence-corrected chi connectivity index (χ3v) is 4.09. The second kappa shape index (κ2) is 6.98. The molecule has 2 aromatic rings. The van der Waals surface area contributed by atoms with E-state index in [1.54, 1.807) is 24.0 Å². The maximum Gasteiger partial charge on any atom is 0.256 e. The average molecular weight is 333 g/mol. The van der Waals surface area contributed by atoms with E-state index in [0.29, 0.717) is 30.4 Å². The van der Waals surface area contributed by atoms with Gasteiger partial charge in [-0.2, -0.15) is 0 Å². The second-order valence-electron chi connectivity index (χ2n) is 5.81. The quantitative estimate of drug-likeness (QED) is 0.810. The van der Waals surface area contributed by atoms with Crippen LogP contribution in [0.1, 0.15) is 57.0 Å². The molecule has 1 saturated heterocycles. The number of ether oxygens (including phenoxy) is 1. The number of carbonyl (C=O) groups is 1. The summed E-state index contributed by atoms with van der Waals surface area (Å²) in [5.74, 6) is 1.08. The van der Waals surface area contributed by atoms with Crippen molar-refractivity contribution < 1.29 is 18.3 Å². The fourth-order valence-electron chi connectivity index (χ4n) is 2.84. The second-order valence-corrected chi connectivity index (χ2v) is 5.81. The first-order valence-corrected chi connectivity index (χ1v) is 8.13. The maximum atomic E-state index is 12.9. The lowest BCUT2D eigenvalue weighted by Gasteiger charge is -2.23. The highest BCUT2D eigenvalue weighted by Gasteiger charge is 2.32. The molecule has 0 saturated carbocycles. The maximum absolute atomic E-state index is 12.9. The van der Waals surface area contributed by atoms with Crippen LogP contribution >= 0.6 is 0 Å². The van der Waals surface area contributed by atoms with Crippen molar-refractivity contribution >= 4 is 5.91 Å². The van der Waals surface area contributed by atoms with Crippen LogP contribution in [-0.2, 0) is 4.79 Å². The van der Waals surface area contributed by atoms with Crippen LogP contribution in [-0.4, -0.2) is 27.5 Å². The molecule has 1 amide bonds. The van der Waals surface area contributed by atoms with E-state index in [9.17, 15) is 9.18 Å². The largest absolute Gasteiger partial charge is 0.481 e. The highest BCUT2D eigenvalue weighted by molar-refractivity contribution is 5.78. The topological polar surface area (TPSA) is 68.5 Å². The molecule has 2 heterocycles. The molecule has 1 aromatic carbocycles. The summed E-state index contributed by atoms with van der Waals surface area (Å²) in [6.07, 6.45) is 1.67. The molecular weight excluding hydrogens is 313 g/mol. The van der Waals surface area contributed by atoms with Crippen molar-refractivity contribution in [3.8, 4) is 5.75 Å². The Hall–Kier alpha value is -2.44. The van der Waals surface area contributed by atoms with Gasteiger partial charge in [-0.1, -0.05) is 6.92 Å². The zero-order chi connectivity index (χ0) is 17.1. The smallest absolute Gasteiger partial charge is 0.256 e. The summed E-state index contributed by atoms with van der Waals surface area (Å²) in [5, 5.41) is 8.13. The molecule has 0 unspecified atom stereocenters. The Bertz CT molecular complexity index is 701.